The highest BCUT2D eigenvalue weighted by Crippen LogP contribution is 2.27. The predicted octanol–water partition coefficient (Wildman–Crippen LogP) is 3.44. The topological polar surface area (TPSA) is 58.1 Å². The van der Waals surface area contributed by atoms with Crippen LogP contribution in [-0.2, 0) is 11.3 Å². The Morgan fingerprint density at radius 1 is 1.12 bits per heavy atom. The number of fused-ring (bicyclic) bond motifs is 1. The number of allylic oxidation sites excluding steroid dienone is 2. The number of rotatable bonds is 4. The van der Waals surface area contributed by atoms with Crippen LogP contribution < -0.4 is 16.2 Å². The summed E-state index contributed by atoms with van der Waals surface area (Å²) in [5, 5.41) is 4.03. The Morgan fingerprint density at radius 3 is 2.69 bits per heavy atom. The number of hydrogen-bond acceptors (Lipinski definition) is 3. The molecule has 2 aromatic carbocycles. The molecule has 0 unspecified atom stereocenters. The third-order valence-corrected chi connectivity index (χ3v) is 4.40. The molecule has 0 aliphatic carbocycles. The van der Waals surface area contributed by atoms with Gasteiger partial charge in [0.2, 0.25) is 0 Å². The van der Waals surface area contributed by atoms with Crippen molar-refractivity contribution in [1.29, 1.82) is 0 Å². The van der Waals surface area contributed by atoms with Crippen LogP contribution in [0.5, 0.6) is 0 Å². The first-order chi connectivity index (χ1) is 12.7. The molecule has 0 bridgehead atoms. The Kier molecular flexibility index (Phi) is 4.19. The molecule has 5 nitrogen and oxygen atoms in total. The van der Waals surface area contributed by atoms with Gasteiger partial charge in [0, 0.05) is 24.3 Å². The van der Waals surface area contributed by atoms with Gasteiger partial charge in [-0.3, -0.25) is 10.2 Å². The van der Waals surface area contributed by atoms with Crippen LogP contribution in [0.3, 0.4) is 0 Å². The van der Waals surface area contributed by atoms with Crippen LogP contribution >= 0.6 is 0 Å². The summed E-state index contributed by atoms with van der Waals surface area (Å²) in [6.45, 7) is 2.84. The van der Waals surface area contributed by atoms with Crippen LogP contribution in [0.4, 0.5) is 5.69 Å². The summed E-state index contributed by atoms with van der Waals surface area (Å²) in [7, 11) is 0. The molecule has 1 aliphatic rings. The number of carbonyl (C=O) groups is 1. The molecule has 5 heteroatoms. The van der Waals surface area contributed by atoms with E-state index in [0.29, 0.717) is 5.70 Å². The molecule has 0 atom stereocenters. The first kappa shape index (κ1) is 16.0. The predicted molar refractivity (Wildman–Crippen MR) is 104 cm³/mol. The molecule has 0 saturated heterocycles. The fourth-order valence-electron chi connectivity index (χ4n) is 3.04. The van der Waals surface area contributed by atoms with Crippen LogP contribution in [-0.4, -0.2) is 10.5 Å². The van der Waals surface area contributed by atoms with Gasteiger partial charge in [-0.25, -0.2) is 0 Å². The Morgan fingerprint density at radius 2 is 1.92 bits per heavy atom. The maximum absolute atomic E-state index is 12.5. The van der Waals surface area contributed by atoms with Gasteiger partial charge in [0.15, 0.2) is 0 Å². The van der Waals surface area contributed by atoms with Crippen LogP contribution in [0.1, 0.15) is 11.1 Å². The van der Waals surface area contributed by atoms with E-state index < -0.39 is 0 Å². The summed E-state index contributed by atoms with van der Waals surface area (Å²) in [6, 6.07) is 16.6. The number of para-hydroxylation sites is 1. The third-order valence-electron chi connectivity index (χ3n) is 4.40. The zero-order valence-corrected chi connectivity index (χ0v) is 14.5. The Balaban J connectivity index is 1.65. The fourth-order valence-corrected chi connectivity index (χ4v) is 3.04. The number of aromatic nitrogens is 1. The number of anilines is 1. The molecular weight excluding hydrogens is 324 g/mol. The lowest BCUT2D eigenvalue weighted by molar-refractivity contribution is -0.113. The molecule has 1 amide bonds. The average molecular weight is 344 g/mol. The van der Waals surface area contributed by atoms with Gasteiger partial charge in [-0.1, -0.05) is 48.0 Å². The summed E-state index contributed by atoms with van der Waals surface area (Å²) in [5.41, 5.74) is 10.5. The molecule has 4 rings (SSSR count). The van der Waals surface area contributed by atoms with Gasteiger partial charge in [0.05, 0.1) is 11.2 Å². The first-order valence-electron chi connectivity index (χ1n) is 8.54. The lowest BCUT2D eigenvalue weighted by Crippen LogP contribution is -2.34. The molecule has 2 heterocycles. The largest absolute Gasteiger partial charge is 0.341 e. The van der Waals surface area contributed by atoms with Gasteiger partial charge in [-0.05, 0) is 30.7 Å². The molecule has 130 valence electrons. The maximum Gasteiger partial charge on any atom is 0.273 e. The van der Waals surface area contributed by atoms with Gasteiger partial charge < -0.3 is 15.3 Å². The van der Waals surface area contributed by atoms with E-state index in [9.17, 15) is 4.79 Å². The highest BCUT2D eigenvalue weighted by Gasteiger charge is 2.14. The SMILES string of the molecule is Cc1ccc(Cn2cc(NC(=O)C3=CC=CNN3)c3ccccc32)cc1. The Labute approximate surface area is 152 Å². The lowest BCUT2D eigenvalue weighted by atomic mass is 10.1. The summed E-state index contributed by atoms with van der Waals surface area (Å²) >= 11 is 0. The van der Waals surface area contributed by atoms with Crippen molar-refractivity contribution < 1.29 is 4.79 Å². The van der Waals surface area contributed by atoms with Crippen molar-refractivity contribution in [2.75, 3.05) is 5.32 Å². The lowest BCUT2D eigenvalue weighted by Gasteiger charge is -2.12. The summed E-state index contributed by atoms with van der Waals surface area (Å²) in [6.07, 6.45) is 7.24. The van der Waals surface area contributed by atoms with Crippen molar-refractivity contribution in [3.05, 3.63) is 89.9 Å². The van der Waals surface area contributed by atoms with Gasteiger partial charge >= 0.3 is 0 Å². The number of amides is 1. The van der Waals surface area contributed by atoms with E-state index in [1.54, 1.807) is 18.4 Å². The molecule has 0 saturated carbocycles. The minimum absolute atomic E-state index is 0.180. The fraction of sp³-hybridized carbons (Fsp3) is 0.0952. The van der Waals surface area contributed by atoms with E-state index >= 15 is 0 Å². The first-order valence-corrected chi connectivity index (χ1v) is 8.54. The smallest absolute Gasteiger partial charge is 0.273 e. The van der Waals surface area contributed by atoms with Crippen molar-refractivity contribution in [2.45, 2.75) is 13.5 Å². The summed E-state index contributed by atoms with van der Waals surface area (Å²) < 4.78 is 2.16. The number of benzene rings is 2. The highest BCUT2D eigenvalue weighted by atomic mass is 16.2. The van der Waals surface area contributed by atoms with E-state index in [4.69, 9.17) is 0 Å². The van der Waals surface area contributed by atoms with Crippen LogP contribution in [0.15, 0.2) is 78.8 Å². The van der Waals surface area contributed by atoms with E-state index in [2.05, 4.69) is 58.0 Å². The Hall–Kier alpha value is -3.47. The molecule has 1 aromatic heterocycles. The summed E-state index contributed by atoms with van der Waals surface area (Å²) in [4.78, 5) is 12.5. The van der Waals surface area contributed by atoms with Gasteiger partial charge in [-0.15, -0.1) is 0 Å². The number of aryl methyl sites for hydroxylation is 1. The van der Waals surface area contributed by atoms with Crippen molar-refractivity contribution in [3.63, 3.8) is 0 Å². The highest BCUT2D eigenvalue weighted by molar-refractivity contribution is 6.08. The molecular formula is C21H20N4O. The van der Waals surface area contributed by atoms with Crippen LogP contribution in [0.25, 0.3) is 10.9 Å². The molecule has 0 radical (unpaired) electrons. The van der Waals surface area contributed by atoms with Gasteiger partial charge in [0.1, 0.15) is 5.70 Å². The maximum atomic E-state index is 12.5. The van der Waals surface area contributed by atoms with E-state index in [1.807, 2.05) is 24.4 Å². The average Bonchev–Trinajstić information content (AvgIpc) is 3.02. The van der Waals surface area contributed by atoms with Crippen molar-refractivity contribution >= 4 is 22.5 Å². The van der Waals surface area contributed by atoms with Gasteiger partial charge in [-0.2, -0.15) is 0 Å². The molecule has 26 heavy (non-hydrogen) atoms. The van der Waals surface area contributed by atoms with E-state index in [1.165, 1.54) is 11.1 Å². The summed E-state index contributed by atoms with van der Waals surface area (Å²) in [5.74, 6) is -0.180. The van der Waals surface area contributed by atoms with Crippen LogP contribution in [0.2, 0.25) is 0 Å². The second kappa shape index (κ2) is 6.80. The zero-order chi connectivity index (χ0) is 17.9. The number of nitrogens with zero attached hydrogens (tertiary/aromatic N) is 1. The quantitative estimate of drug-likeness (QED) is 0.679. The van der Waals surface area contributed by atoms with Crippen molar-refractivity contribution in [3.8, 4) is 0 Å². The number of hydrogen-bond donors (Lipinski definition) is 3. The van der Waals surface area contributed by atoms with Crippen LogP contribution in [0, 0.1) is 6.92 Å². The molecule has 0 spiro atoms. The second-order valence-corrected chi connectivity index (χ2v) is 6.34. The van der Waals surface area contributed by atoms with E-state index in [0.717, 1.165) is 23.1 Å². The Bertz CT molecular complexity index is 1010. The normalized spacial score (nSPS) is 13.0. The zero-order valence-electron chi connectivity index (χ0n) is 14.5. The van der Waals surface area contributed by atoms with Crippen molar-refractivity contribution in [1.82, 2.24) is 15.4 Å². The standard InChI is InChI=1S/C21H20N4O/c1-15-8-10-16(11-9-15)13-25-14-19(17-5-2-3-7-20(17)25)23-21(26)18-6-4-12-22-24-18/h2-12,14,22,24H,13H2,1H3,(H,23,26). The molecule has 0 fully saturated rings. The van der Waals surface area contributed by atoms with E-state index in [-0.39, 0.29) is 5.91 Å². The molecule has 3 N–H and O–H groups in total. The number of carbonyl (C=O) groups excluding carboxylic acids is 1. The molecule has 1 aliphatic heterocycles. The minimum Gasteiger partial charge on any atom is -0.341 e. The third kappa shape index (κ3) is 3.19. The van der Waals surface area contributed by atoms with Gasteiger partial charge in [0.25, 0.3) is 5.91 Å². The van der Waals surface area contributed by atoms with Crippen molar-refractivity contribution in [2.24, 2.45) is 0 Å². The molecule has 3 aromatic rings. The number of nitrogens with one attached hydrogen (secondary N) is 3. The second-order valence-electron chi connectivity index (χ2n) is 6.34. The number of hydrazine groups is 1. The monoisotopic (exact) mass is 344 g/mol. The minimum atomic E-state index is -0.180.